The summed E-state index contributed by atoms with van der Waals surface area (Å²) in [5, 5.41) is 2.54. The molecule has 1 aromatic rings. The van der Waals surface area contributed by atoms with Gasteiger partial charge in [-0.3, -0.25) is 9.69 Å². The van der Waals surface area contributed by atoms with Crippen molar-refractivity contribution in [1.82, 2.24) is 9.97 Å². The van der Waals surface area contributed by atoms with E-state index in [9.17, 15) is 9.59 Å². The molecule has 2 amide bonds. The summed E-state index contributed by atoms with van der Waals surface area (Å²) in [6.07, 6.45) is 1.24. The Bertz CT molecular complexity index is 564. The molecule has 0 bridgehead atoms. The number of cyclic esters (lactones) is 1. The predicted octanol–water partition coefficient (Wildman–Crippen LogP) is -0.519. The number of nitrogens with zero attached hydrogens (tertiary/aromatic N) is 3. The molecular formula is C11H13N5O4. The largest absolute Gasteiger partial charge is 0.465 e. The van der Waals surface area contributed by atoms with Crippen LogP contribution in [0.25, 0.3) is 0 Å². The quantitative estimate of drug-likeness (QED) is 0.763. The lowest BCUT2D eigenvalue weighted by atomic mass is 10.2. The SMILES string of the molecule is NCC[C@@H]1CN(c2cnc3c(n2)NC(=O)CO3)C(=O)O1. The highest BCUT2D eigenvalue weighted by Gasteiger charge is 2.33. The van der Waals surface area contributed by atoms with Crippen LogP contribution in [0.3, 0.4) is 0 Å². The van der Waals surface area contributed by atoms with Gasteiger partial charge in [-0.1, -0.05) is 0 Å². The number of nitrogens with two attached hydrogens (primary N) is 1. The second-order valence-corrected chi connectivity index (χ2v) is 4.41. The molecule has 106 valence electrons. The van der Waals surface area contributed by atoms with Gasteiger partial charge in [-0.15, -0.1) is 0 Å². The van der Waals surface area contributed by atoms with Crippen LogP contribution in [0.2, 0.25) is 0 Å². The molecule has 0 saturated carbocycles. The van der Waals surface area contributed by atoms with Gasteiger partial charge in [0, 0.05) is 0 Å². The number of nitrogens with one attached hydrogen (secondary N) is 1. The minimum absolute atomic E-state index is 0.0919. The number of hydrogen-bond acceptors (Lipinski definition) is 7. The zero-order valence-electron chi connectivity index (χ0n) is 10.5. The van der Waals surface area contributed by atoms with Crippen LogP contribution in [-0.2, 0) is 9.53 Å². The molecule has 3 rings (SSSR count). The van der Waals surface area contributed by atoms with Crippen molar-refractivity contribution in [2.45, 2.75) is 12.5 Å². The van der Waals surface area contributed by atoms with E-state index in [1.165, 1.54) is 11.1 Å². The molecule has 0 spiro atoms. The van der Waals surface area contributed by atoms with Crippen molar-refractivity contribution < 1.29 is 19.1 Å². The topological polar surface area (TPSA) is 120 Å². The van der Waals surface area contributed by atoms with Crippen LogP contribution in [0.1, 0.15) is 6.42 Å². The molecule has 2 aliphatic rings. The normalized spacial score (nSPS) is 21.1. The Morgan fingerprint density at radius 2 is 2.35 bits per heavy atom. The number of rotatable bonds is 3. The van der Waals surface area contributed by atoms with E-state index in [2.05, 4.69) is 15.3 Å². The van der Waals surface area contributed by atoms with E-state index in [0.717, 1.165) is 0 Å². The first-order chi connectivity index (χ1) is 9.67. The standard InChI is InChI=1S/C11H13N5O4/c12-2-1-6-4-16(11(18)20-6)7-3-13-10-9(14-7)15-8(17)5-19-10/h3,6H,1-2,4-5,12H2,(H,14,15,17)/t6-/m1/s1. The van der Waals surface area contributed by atoms with Gasteiger partial charge in [0.25, 0.3) is 11.8 Å². The number of carbonyl (C=O) groups excluding carboxylic acids is 2. The zero-order chi connectivity index (χ0) is 14.1. The Morgan fingerprint density at radius 1 is 1.50 bits per heavy atom. The number of fused-ring (bicyclic) bond motifs is 1. The minimum Gasteiger partial charge on any atom is -0.465 e. The number of amides is 2. The summed E-state index contributed by atoms with van der Waals surface area (Å²) in [7, 11) is 0. The molecule has 1 saturated heterocycles. The van der Waals surface area contributed by atoms with Crippen LogP contribution in [0.15, 0.2) is 6.20 Å². The smallest absolute Gasteiger partial charge is 0.415 e. The highest BCUT2D eigenvalue weighted by atomic mass is 16.6. The van der Waals surface area contributed by atoms with E-state index >= 15 is 0 Å². The van der Waals surface area contributed by atoms with Crippen LogP contribution in [0, 0.1) is 0 Å². The molecule has 2 aliphatic heterocycles. The fourth-order valence-electron chi connectivity index (χ4n) is 2.03. The fraction of sp³-hybridized carbons (Fsp3) is 0.455. The molecule has 0 aliphatic carbocycles. The summed E-state index contributed by atoms with van der Waals surface area (Å²) < 4.78 is 10.3. The van der Waals surface area contributed by atoms with E-state index in [1.807, 2.05) is 0 Å². The van der Waals surface area contributed by atoms with Gasteiger partial charge in [0.1, 0.15) is 6.10 Å². The van der Waals surface area contributed by atoms with Crippen molar-refractivity contribution in [1.29, 1.82) is 0 Å². The van der Waals surface area contributed by atoms with Crippen molar-refractivity contribution >= 4 is 23.6 Å². The van der Waals surface area contributed by atoms with Crippen LogP contribution >= 0.6 is 0 Å². The fourth-order valence-corrected chi connectivity index (χ4v) is 2.03. The highest BCUT2D eigenvalue weighted by molar-refractivity contribution is 5.94. The first-order valence-corrected chi connectivity index (χ1v) is 6.15. The van der Waals surface area contributed by atoms with Gasteiger partial charge in [0.05, 0.1) is 12.7 Å². The molecule has 20 heavy (non-hydrogen) atoms. The monoisotopic (exact) mass is 279 g/mol. The summed E-state index contributed by atoms with van der Waals surface area (Å²) in [6.45, 7) is 0.704. The summed E-state index contributed by atoms with van der Waals surface area (Å²) >= 11 is 0. The van der Waals surface area contributed by atoms with E-state index in [-0.39, 0.29) is 30.3 Å². The van der Waals surface area contributed by atoms with Crippen LogP contribution < -0.4 is 20.7 Å². The Kier molecular flexibility index (Phi) is 3.11. The van der Waals surface area contributed by atoms with E-state index < -0.39 is 6.09 Å². The number of ether oxygens (including phenoxy) is 2. The molecule has 3 N–H and O–H groups in total. The van der Waals surface area contributed by atoms with Gasteiger partial charge in [-0.25, -0.2) is 14.8 Å². The van der Waals surface area contributed by atoms with Gasteiger partial charge in [0.15, 0.2) is 18.2 Å². The second-order valence-electron chi connectivity index (χ2n) is 4.41. The van der Waals surface area contributed by atoms with Crippen molar-refractivity contribution in [2.75, 3.05) is 29.9 Å². The second kappa shape index (κ2) is 4.93. The summed E-state index contributed by atoms with van der Waals surface area (Å²) in [4.78, 5) is 32.6. The Labute approximate surface area is 114 Å². The number of anilines is 2. The lowest BCUT2D eigenvalue weighted by molar-refractivity contribution is -0.118. The van der Waals surface area contributed by atoms with E-state index in [0.29, 0.717) is 25.3 Å². The van der Waals surface area contributed by atoms with Crippen LogP contribution in [0.4, 0.5) is 16.4 Å². The number of aromatic nitrogens is 2. The number of carbonyl (C=O) groups is 2. The maximum Gasteiger partial charge on any atom is 0.415 e. The molecule has 1 atom stereocenters. The van der Waals surface area contributed by atoms with Gasteiger partial charge in [0.2, 0.25) is 0 Å². The van der Waals surface area contributed by atoms with E-state index in [4.69, 9.17) is 15.2 Å². The number of hydrogen-bond donors (Lipinski definition) is 2. The average molecular weight is 279 g/mol. The summed E-state index contributed by atoms with van der Waals surface area (Å²) in [6, 6.07) is 0. The molecule has 9 nitrogen and oxygen atoms in total. The van der Waals surface area contributed by atoms with Gasteiger partial charge < -0.3 is 20.5 Å². The summed E-state index contributed by atoms with van der Waals surface area (Å²) in [5.41, 5.74) is 5.44. The first kappa shape index (κ1) is 12.6. The molecule has 1 aromatic heterocycles. The van der Waals surface area contributed by atoms with Crippen LogP contribution in [0.5, 0.6) is 5.88 Å². The third-order valence-electron chi connectivity index (χ3n) is 2.96. The average Bonchev–Trinajstić information content (AvgIpc) is 2.79. The van der Waals surface area contributed by atoms with E-state index in [1.54, 1.807) is 0 Å². The van der Waals surface area contributed by atoms with Crippen molar-refractivity contribution in [3.8, 4) is 5.88 Å². The third kappa shape index (κ3) is 2.23. The predicted molar refractivity (Wildman–Crippen MR) is 67.4 cm³/mol. The van der Waals surface area contributed by atoms with Gasteiger partial charge >= 0.3 is 6.09 Å². The molecule has 0 unspecified atom stereocenters. The Hall–Kier alpha value is -2.42. The van der Waals surface area contributed by atoms with Crippen molar-refractivity contribution in [3.63, 3.8) is 0 Å². The molecule has 0 radical (unpaired) electrons. The van der Waals surface area contributed by atoms with Crippen molar-refractivity contribution in [2.24, 2.45) is 5.73 Å². The summed E-state index contributed by atoms with van der Waals surface area (Å²) in [5.74, 6) is 0.432. The first-order valence-electron chi connectivity index (χ1n) is 6.15. The lowest BCUT2D eigenvalue weighted by Gasteiger charge is -2.18. The van der Waals surface area contributed by atoms with Crippen molar-refractivity contribution in [3.05, 3.63) is 6.20 Å². The zero-order valence-corrected chi connectivity index (χ0v) is 10.5. The Balaban J connectivity index is 1.82. The highest BCUT2D eigenvalue weighted by Crippen LogP contribution is 2.27. The maximum absolute atomic E-state index is 11.8. The molecule has 3 heterocycles. The van der Waals surface area contributed by atoms with Gasteiger partial charge in [-0.05, 0) is 13.0 Å². The minimum atomic E-state index is -0.499. The molecule has 9 heteroatoms. The van der Waals surface area contributed by atoms with Crippen LogP contribution in [-0.4, -0.2) is 47.8 Å². The van der Waals surface area contributed by atoms with Gasteiger partial charge in [-0.2, -0.15) is 0 Å². The third-order valence-corrected chi connectivity index (χ3v) is 2.96. The molecule has 0 aromatic carbocycles. The maximum atomic E-state index is 11.8. The molecule has 1 fully saturated rings. The molecular weight excluding hydrogens is 266 g/mol. The Morgan fingerprint density at radius 3 is 3.15 bits per heavy atom. The lowest BCUT2D eigenvalue weighted by Crippen LogP contribution is -2.30.